The fourth-order valence-electron chi connectivity index (χ4n) is 4.77. The highest BCUT2D eigenvalue weighted by atomic mass is 32.1. The molecule has 2 N–H and O–H groups in total. The quantitative estimate of drug-likeness (QED) is 0.286. The molecule has 5 aromatic rings. The first-order valence-electron chi connectivity index (χ1n) is 12.7. The molecule has 1 aliphatic heterocycles. The number of thiophene rings is 1. The predicted octanol–water partition coefficient (Wildman–Crippen LogP) is 5.20. The van der Waals surface area contributed by atoms with Crippen LogP contribution < -0.4 is 20.2 Å². The van der Waals surface area contributed by atoms with Crippen molar-refractivity contribution < 1.29 is 19.1 Å². The topological polar surface area (TPSA) is 114 Å². The number of rotatable bonds is 6. The number of carbonyl (C=O) groups excluding carboxylic acids is 1. The Labute approximate surface area is 241 Å². The molecule has 2 aromatic carbocycles. The number of furan rings is 1. The molecule has 0 saturated carbocycles. The van der Waals surface area contributed by atoms with Crippen LogP contribution in [0, 0.1) is 6.92 Å². The number of hydrogen-bond acceptors (Lipinski definition) is 7. The molecule has 0 radical (unpaired) electrons. The predicted molar refractivity (Wildman–Crippen MR) is 159 cm³/mol. The summed E-state index contributed by atoms with van der Waals surface area (Å²) in [6, 6.07) is 20.7. The minimum atomic E-state index is -1.02. The summed E-state index contributed by atoms with van der Waals surface area (Å²) in [5.41, 5.74) is 3.00. The third kappa shape index (κ3) is 4.99. The van der Waals surface area contributed by atoms with Gasteiger partial charge in [-0.25, -0.2) is 9.79 Å². The van der Waals surface area contributed by atoms with Crippen molar-refractivity contribution in [1.82, 2.24) is 4.57 Å². The zero-order chi connectivity index (χ0) is 28.7. The zero-order valence-corrected chi connectivity index (χ0v) is 23.6. The van der Waals surface area contributed by atoms with Gasteiger partial charge in [-0.3, -0.25) is 14.2 Å². The Kier molecular flexibility index (Phi) is 6.86. The van der Waals surface area contributed by atoms with E-state index in [9.17, 15) is 19.5 Å². The molecule has 0 saturated heterocycles. The van der Waals surface area contributed by atoms with Gasteiger partial charge in [0.25, 0.3) is 11.5 Å². The van der Waals surface area contributed by atoms with E-state index in [0.29, 0.717) is 43.4 Å². The number of aromatic nitrogens is 1. The molecule has 204 valence electrons. The third-order valence-corrected chi connectivity index (χ3v) is 8.67. The number of fused-ring (bicyclic) bond motifs is 1. The SMILES string of the molecule is CC1=C(C(=O)Nc2ccccc2)[C@@H](c2cccs2)n2c(s/c(=C\c3ccc(-c4cc(C(=O)O)ccc4C)o3)c2=O)=N1. The highest BCUT2D eigenvalue weighted by Crippen LogP contribution is 2.33. The maximum atomic E-state index is 13.8. The van der Waals surface area contributed by atoms with E-state index in [-0.39, 0.29) is 17.0 Å². The average Bonchev–Trinajstić information content (AvgIpc) is 3.71. The Morgan fingerprint density at radius 2 is 1.85 bits per heavy atom. The van der Waals surface area contributed by atoms with Crippen molar-refractivity contribution in [3.05, 3.63) is 131 Å². The van der Waals surface area contributed by atoms with Gasteiger partial charge in [0.15, 0.2) is 4.80 Å². The number of thiazole rings is 1. The van der Waals surface area contributed by atoms with E-state index < -0.39 is 12.0 Å². The minimum absolute atomic E-state index is 0.160. The van der Waals surface area contributed by atoms with Gasteiger partial charge in [-0.1, -0.05) is 41.7 Å². The Morgan fingerprint density at radius 1 is 1.05 bits per heavy atom. The number of aryl methyl sites for hydroxylation is 1. The normalized spacial score (nSPS) is 15.0. The van der Waals surface area contributed by atoms with Crippen LogP contribution >= 0.6 is 22.7 Å². The lowest BCUT2D eigenvalue weighted by Gasteiger charge is -2.24. The standard InChI is InChI=1S/C31H23N3O5S2/c1-17-10-11-19(30(37)38)15-22(17)23-13-12-21(39-23)16-25-29(36)34-27(24-9-6-14-40-24)26(18(2)32-31(34)41-25)28(35)33-20-7-4-3-5-8-20/h3-16,27H,1-2H3,(H,33,35)(H,37,38)/b25-16-/t27-/m1/s1. The fourth-order valence-corrected chi connectivity index (χ4v) is 6.62. The monoisotopic (exact) mass is 581 g/mol. The molecule has 8 nitrogen and oxygen atoms in total. The van der Waals surface area contributed by atoms with Crippen molar-refractivity contribution in [2.45, 2.75) is 19.9 Å². The van der Waals surface area contributed by atoms with Gasteiger partial charge < -0.3 is 14.8 Å². The lowest BCUT2D eigenvalue weighted by atomic mass is 10.0. The second-order valence-corrected chi connectivity index (χ2v) is 11.4. The smallest absolute Gasteiger partial charge is 0.335 e. The van der Waals surface area contributed by atoms with E-state index in [1.54, 1.807) is 60.0 Å². The van der Waals surface area contributed by atoms with Crippen LogP contribution in [0.2, 0.25) is 0 Å². The van der Waals surface area contributed by atoms with Crippen LogP contribution in [0.15, 0.2) is 104 Å². The van der Waals surface area contributed by atoms with E-state index >= 15 is 0 Å². The van der Waals surface area contributed by atoms with Crippen molar-refractivity contribution in [3.63, 3.8) is 0 Å². The zero-order valence-electron chi connectivity index (χ0n) is 22.0. The lowest BCUT2D eigenvalue weighted by molar-refractivity contribution is -0.113. The van der Waals surface area contributed by atoms with Crippen molar-refractivity contribution in [2.75, 3.05) is 5.32 Å². The Hall–Kier alpha value is -4.80. The molecule has 0 aliphatic carbocycles. The Balaban J connectivity index is 1.42. The molecule has 1 atom stereocenters. The number of amides is 1. The number of para-hydroxylation sites is 1. The first-order valence-corrected chi connectivity index (χ1v) is 14.4. The first-order chi connectivity index (χ1) is 19.8. The van der Waals surface area contributed by atoms with Crippen LogP contribution in [0.25, 0.3) is 17.4 Å². The molecule has 0 bridgehead atoms. The summed E-state index contributed by atoms with van der Waals surface area (Å²) in [5, 5.41) is 14.2. The van der Waals surface area contributed by atoms with E-state index in [4.69, 9.17) is 4.42 Å². The van der Waals surface area contributed by atoms with E-state index in [1.807, 2.05) is 42.6 Å². The van der Waals surface area contributed by atoms with Crippen molar-refractivity contribution in [2.24, 2.45) is 4.99 Å². The molecule has 6 rings (SSSR count). The number of anilines is 1. The minimum Gasteiger partial charge on any atom is -0.478 e. The summed E-state index contributed by atoms with van der Waals surface area (Å²) >= 11 is 2.69. The van der Waals surface area contributed by atoms with Crippen LogP contribution in [0.4, 0.5) is 5.69 Å². The number of carbonyl (C=O) groups is 2. The lowest BCUT2D eigenvalue weighted by Crippen LogP contribution is -2.40. The van der Waals surface area contributed by atoms with E-state index in [2.05, 4.69) is 10.3 Å². The summed E-state index contributed by atoms with van der Waals surface area (Å²) in [6.45, 7) is 3.66. The number of carboxylic acids is 1. The first kappa shape index (κ1) is 26.4. The highest BCUT2D eigenvalue weighted by molar-refractivity contribution is 7.10. The number of benzene rings is 2. The summed E-state index contributed by atoms with van der Waals surface area (Å²) < 4.78 is 8.00. The fraction of sp³-hybridized carbons (Fsp3) is 0.0968. The van der Waals surface area contributed by atoms with Crippen LogP contribution in [-0.4, -0.2) is 21.6 Å². The van der Waals surface area contributed by atoms with E-state index in [0.717, 1.165) is 10.4 Å². The van der Waals surface area contributed by atoms with Gasteiger partial charge in [0.1, 0.15) is 17.6 Å². The van der Waals surface area contributed by atoms with Crippen molar-refractivity contribution >= 4 is 46.3 Å². The summed E-state index contributed by atoms with van der Waals surface area (Å²) in [4.78, 5) is 44.8. The molecule has 3 aromatic heterocycles. The average molecular weight is 582 g/mol. The molecule has 0 fully saturated rings. The summed E-state index contributed by atoms with van der Waals surface area (Å²) in [5.74, 6) is -0.404. The van der Waals surface area contributed by atoms with Crippen LogP contribution in [0.3, 0.4) is 0 Å². The van der Waals surface area contributed by atoms with Gasteiger partial charge in [0, 0.05) is 22.2 Å². The summed E-state index contributed by atoms with van der Waals surface area (Å²) in [6.07, 6.45) is 1.65. The molecule has 4 heterocycles. The van der Waals surface area contributed by atoms with Gasteiger partial charge in [0.2, 0.25) is 0 Å². The summed E-state index contributed by atoms with van der Waals surface area (Å²) in [7, 11) is 0. The van der Waals surface area contributed by atoms with Gasteiger partial charge in [-0.15, -0.1) is 11.3 Å². The third-order valence-electron chi connectivity index (χ3n) is 6.76. The van der Waals surface area contributed by atoms with Crippen LogP contribution in [0.5, 0.6) is 0 Å². The number of hydrogen-bond donors (Lipinski definition) is 2. The molecular formula is C31H23N3O5S2. The molecule has 0 unspecified atom stereocenters. The van der Waals surface area contributed by atoms with Gasteiger partial charge >= 0.3 is 5.97 Å². The van der Waals surface area contributed by atoms with Crippen molar-refractivity contribution in [1.29, 1.82) is 0 Å². The van der Waals surface area contributed by atoms with Gasteiger partial charge in [-0.05, 0) is 67.3 Å². The highest BCUT2D eigenvalue weighted by Gasteiger charge is 2.33. The van der Waals surface area contributed by atoms with Crippen molar-refractivity contribution in [3.8, 4) is 11.3 Å². The molecule has 41 heavy (non-hydrogen) atoms. The number of nitrogens with one attached hydrogen (secondary N) is 1. The number of aromatic carboxylic acids is 1. The Morgan fingerprint density at radius 3 is 2.59 bits per heavy atom. The second-order valence-electron chi connectivity index (χ2n) is 9.45. The van der Waals surface area contributed by atoms with E-state index in [1.165, 1.54) is 22.7 Å². The van der Waals surface area contributed by atoms with Crippen LogP contribution in [0.1, 0.15) is 39.5 Å². The number of nitrogens with zero attached hydrogens (tertiary/aromatic N) is 2. The van der Waals surface area contributed by atoms with Gasteiger partial charge in [-0.2, -0.15) is 0 Å². The molecular weight excluding hydrogens is 558 g/mol. The molecule has 0 spiro atoms. The number of allylic oxidation sites excluding steroid dienone is 1. The molecule has 1 aliphatic rings. The Bertz CT molecular complexity index is 2020. The number of carboxylic acid groups (broad SMARTS) is 1. The van der Waals surface area contributed by atoms with Crippen LogP contribution in [-0.2, 0) is 4.79 Å². The maximum Gasteiger partial charge on any atom is 0.335 e. The molecule has 10 heteroatoms. The van der Waals surface area contributed by atoms with Gasteiger partial charge in [0.05, 0.1) is 21.4 Å². The maximum absolute atomic E-state index is 13.8. The second kappa shape index (κ2) is 10.6. The largest absolute Gasteiger partial charge is 0.478 e. The molecule has 1 amide bonds.